The fraction of sp³-hybridized carbons (Fsp3) is 0.917. The first kappa shape index (κ1) is 12.8. The molecule has 2 heterocycles. The van der Waals surface area contributed by atoms with E-state index in [0.717, 1.165) is 44.3 Å². The van der Waals surface area contributed by atoms with Crippen molar-refractivity contribution in [1.29, 1.82) is 0 Å². The summed E-state index contributed by atoms with van der Waals surface area (Å²) >= 11 is 0. The molecule has 2 rings (SSSR count). The van der Waals surface area contributed by atoms with Gasteiger partial charge >= 0.3 is 0 Å². The zero-order valence-electron chi connectivity index (χ0n) is 10.7. The minimum atomic E-state index is -0.345. The van der Waals surface area contributed by atoms with Crippen LogP contribution in [0.4, 0.5) is 0 Å². The van der Waals surface area contributed by atoms with Crippen molar-refractivity contribution < 1.29 is 9.53 Å². The van der Waals surface area contributed by atoms with E-state index in [0.29, 0.717) is 0 Å². The van der Waals surface area contributed by atoms with E-state index in [4.69, 9.17) is 10.6 Å². The van der Waals surface area contributed by atoms with E-state index >= 15 is 0 Å². The van der Waals surface area contributed by atoms with Crippen molar-refractivity contribution in [2.24, 2.45) is 17.7 Å². The van der Waals surface area contributed by atoms with E-state index in [1.54, 1.807) is 0 Å². The molecule has 0 spiro atoms. The van der Waals surface area contributed by atoms with E-state index in [1.165, 1.54) is 0 Å². The summed E-state index contributed by atoms with van der Waals surface area (Å²) < 4.78 is 5.71. The van der Waals surface area contributed by atoms with Gasteiger partial charge in [0.1, 0.15) is 6.10 Å². The fourth-order valence-corrected chi connectivity index (χ4v) is 2.81. The highest BCUT2D eigenvalue weighted by Crippen LogP contribution is 2.26. The van der Waals surface area contributed by atoms with Crippen LogP contribution in [0.2, 0.25) is 0 Å². The summed E-state index contributed by atoms with van der Waals surface area (Å²) in [7, 11) is 0. The number of carbonyl (C=O) groups is 1. The highest BCUT2D eigenvalue weighted by atomic mass is 16.5. The largest absolute Gasteiger partial charge is 0.364 e. The number of nitrogens with zero attached hydrogens (tertiary/aromatic N) is 1. The molecule has 0 saturated carbocycles. The molecule has 3 N–H and O–H groups in total. The molecule has 0 aliphatic carbocycles. The molecule has 0 aromatic heterocycles. The quantitative estimate of drug-likeness (QED) is 0.418. The van der Waals surface area contributed by atoms with Crippen molar-refractivity contribution in [3.63, 3.8) is 0 Å². The molecular weight excluding hydrogens is 218 g/mol. The van der Waals surface area contributed by atoms with Gasteiger partial charge in [0, 0.05) is 19.6 Å². The highest BCUT2D eigenvalue weighted by molar-refractivity contribution is 5.80. The van der Waals surface area contributed by atoms with Gasteiger partial charge in [-0.15, -0.1) is 0 Å². The molecule has 0 aromatic rings. The molecule has 5 heteroatoms. The van der Waals surface area contributed by atoms with E-state index in [-0.39, 0.29) is 18.1 Å². The second-order valence-electron chi connectivity index (χ2n) is 5.51. The van der Waals surface area contributed by atoms with E-state index in [2.05, 4.69) is 24.2 Å². The third kappa shape index (κ3) is 2.97. The Labute approximate surface area is 103 Å². The van der Waals surface area contributed by atoms with E-state index in [1.807, 2.05) is 0 Å². The third-order valence-corrected chi connectivity index (χ3v) is 4.07. The zero-order chi connectivity index (χ0) is 12.4. The lowest BCUT2D eigenvalue weighted by atomic mass is 10.0. The number of nitrogens with one attached hydrogen (secondary N) is 1. The Morgan fingerprint density at radius 2 is 2.00 bits per heavy atom. The number of nitrogens with two attached hydrogens (primary N) is 1. The normalized spacial score (nSPS) is 38.5. The van der Waals surface area contributed by atoms with Gasteiger partial charge in [0.2, 0.25) is 0 Å². The summed E-state index contributed by atoms with van der Waals surface area (Å²) in [6, 6.07) is 0. The Hall–Kier alpha value is -0.650. The molecule has 2 aliphatic heterocycles. The summed E-state index contributed by atoms with van der Waals surface area (Å²) in [6.45, 7) is 7.84. The first-order valence-corrected chi connectivity index (χ1v) is 6.48. The Balaban J connectivity index is 1.77. The van der Waals surface area contributed by atoms with Crippen molar-refractivity contribution in [3.8, 4) is 0 Å². The van der Waals surface area contributed by atoms with Crippen molar-refractivity contribution in [3.05, 3.63) is 0 Å². The third-order valence-electron chi connectivity index (χ3n) is 4.07. The standard InChI is InChI=1S/C12H23N3O2/c1-8-5-15(6-9(8)2)7-10-3-4-11(17-10)12(16)14-13/h8-11H,3-7,13H2,1-2H3,(H,14,16). The van der Waals surface area contributed by atoms with Gasteiger partial charge in [0.15, 0.2) is 0 Å². The average Bonchev–Trinajstić information content (AvgIpc) is 2.87. The minimum absolute atomic E-state index is 0.190. The molecular formula is C12H23N3O2. The summed E-state index contributed by atoms with van der Waals surface area (Å²) in [6.07, 6.45) is 1.58. The van der Waals surface area contributed by atoms with Gasteiger partial charge in [-0.3, -0.25) is 10.2 Å². The average molecular weight is 241 g/mol. The molecule has 1 amide bonds. The number of rotatable bonds is 3. The van der Waals surface area contributed by atoms with Gasteiger partial charge in [-0.2, -0.15) is 0 Å². The van der Waals surface area contributed by atoms with Crippen LogP contribution in [0.1, 0.15) is 26.7 Å². The molecule has 2 saturated heterocycles. The number of likely N-dealkylation sites (tertiary alicyclic amines) is 1. The lowest BCUT2D eigenvalue weighted by molar-refractivity contribution is -0.132. The SMILES string of the molecule is CC1CN(CC2CCC(C(=O)NN)O2)CC1C. The zero-order valence-corrected chi connectivity index (χ0v) is 10.7. The molecule has 0 aromatic carbocycles. The highest BCUT2D eigenvalue weighted by Gasteiger charge is 2.33. The Morgan fingerprint density at radius 3 is 2.59 bits per heavy atom. The summed E-state index contributed by atoms with van der Waals surface area (Å²) in [5.41, 5.74) is 2.16. The van der Waals surface area contributed by atoms with Gasteiger partial charge in [0.25, 0.3) is 5.91 Å². The Morgan fingerprint density at radius 1 is 1.35 bits per heavy atom. The van der Waals surface area contributed by atoms with Crippen molar-refractivity contribution in [1.82, 2.24) is 10.3 Å². The Bertz CT molecular complexity index is 275. The van der Waals surface area contributed by atoms with E-state index in [9.17, 15) is 4.79 Å². The molecule has 2 fully saturated rings. The summed E-state index contributed by atoms with van der Waals surface area (Å²) in [5.74, 6) is 6.44. The Kier molecular flexibility index (Phi) is 4.01. The van der Waals surface area contributed by atoms with Crippen LogP contribution in [-0.2, 0) is 9.53 Å². The van der Waals surface area contributed by atoms with Gasteiger partial charge in [-0.25, -0.2) is 5.84 Å². The fourth-order valence-electron chi connectivity index (χ4n) is 2.81. The first-order chi connectivity index (χ1) is 8.10. The van der Waals surface area contributed by atoms with Crippen LogP contribution in [0.3, 0.4) is 0 Å². The maximum absolute atomic E-state index is 11.3. The number of hydrogen-bond donors (Lipinski definition) is 2. The number of ether oxygens (including phenoxy) is 1. The van der Waals surface area contributed by atoms with E-state index < -0.39 is 0 Å². The van der Waals surface area contributed by atoms with Gasteiger partial charge in [-0.05, 0) is 24.7 Å². The second-order valence-corrected chi connectivity index (χ2v) is 5.51. The predicted octanol–water partition coefficient (Wildman–Crippen LogP) is 0.112. The summed E-state index contributed by atoms with van der Waals surface area (Å²) in [4.78, 5) is 13.8. The van der Waals surface area contributed by atoms with Crippen LogP contribution in [0.5, 0.6) is 0 Å². The lowest BCUT2D eigenvalue weighted by Crippen LogP contribution is -2.40. The van der Waals surface area contributed by atoms with Crippen LogP contribution in [0, 0.1) is 11.8 Å². The molecule has 2 aliphatic rings. The maximum atomic E-state index is 11.3. The van der Waals surface area contributed by atoms with Crippen LogP contribution >= 0.6 is 0 Å². The second kappa shape index (κ2) is 5.33. The first-order valence-electron chi connectivity index (χ1n) is 6.48. The monoisotopic (exact) mass is 241 g/mol. The topological polar surface area (TPSA) is 67.6 Å². The number of hydrazine groups is 1. The summed E-state index contributed by atoms with van der Waals surface area (Å²) in [5, 5.41) is 0. The van der Waals surface area contributed by atoms with Crippen molar-refractivity contribution in [2.45, 2.75) is 38.9 Å². The number of amides is 1. The minimum Gasteiger partial charge on any atom is -0.364 e. The van der Waals surface area contributed by atoms with Crippen molar-refractivity contribution in [2.75, 3.05) is 19.6 Å². The predicted molar refractivity (Wildman–Crippen MR) is 65.0 cm³/mol. The van der Waals surface area contributed by atoms with Crippen LogP contribution in [-0.4, -0.2) is 42.6 Å². The molecule has 98 valence electrons. The van der Waals surface area contributed by atoms with Gasteiger partial charge in [-0.1, -0.05) is 13.8 Å². The van der Waals surface area contributed by atoms with Crippen molar-refractivity contribution >= 4 is 5.91 Å². The molecule has 4 unspecified atom stereocenters. The molecule has 0 radical (unpaired) electrons. The van der Waals surface area contributed by atoms with Gasteiger partial charge in [0.05, 0.1) is 6.10 Å². The van der Waals surface area contributed by atoms with Crippen LogP contribution < -0.4 is 11.3 Å². The lowest BCUT2D eigenvalue weighted by Gasteiger charge is -2.20. The van der Waals surface area contributed by atoms with Gasteiger partial charge < -0.3 is 9.64 Å². The molecule has 4 atom stereocenters. The molecule has 0 bridgehead atoms. The van der Waals surface area contributed by atoms with Crippen LogP contribution in [0.25, 0.3) is 0 Å². The maximum Gasteiger partial charge on any atom is 0.263 e. The van der Waals surface area contributed by atoms with Crippen LogP contribution in [0.15, 0.2) is 0 Å². The smallest absolute Gasteiger partial charge is 0.263 e. The number of carbonyl (C=O) groups excluding carboxylic acids is 1. The molecule has 17 heavy (non-hydrogen) atoms. The molecule has 5 nitrogen and oxygen atoms in total. The number of hydrogen-bond acceptors (Lipinski definition) is 4.